The maximum absolute atomic E-state index is 8.73. The molecular formula is C18H18OS. The van der Waals surface area contributed by atoms with Gasteiger partial charge in [-0.1, -0.05) is 41.7 Å². The van der Waals surface area contributed by atoms with Gasteiger partial charge in [-0.25, -0.2) is 0 Å². The van der Waals surface area contributed by atoms with Crippen LogP contribution in [0.5, 0.6) is 0 Å². The van der Waals surface area contributed by atoms with Crippen LogP contribution in [0.2, 0.25) is 0 Å². The van der Waals surface area contributed by atoms with E-state index in [0.29, 0.717) is 0 Å². The number of rotatable bonds is 3. The number of aryl methyl sites for hydroxylation is 2. The predicted octanol–water partition coefficient (Wildman–Crippen LogP) is 3.94. The zero-order valence-electron chi connectivity index (χ0n) is 11.8. The molecule has 2 aromatic carbocycles. The molecule has 0 amide bonds. The summed E-state index contributed by atoms with van der Waals surface area (Å²) in [7, 11) is 0. The molecule has 0 saturated carbocycles. The van der Waals surface area contributed by atoms with Crippen molar-refractivity contribution in [3.8, 4) is 11.8 Å². The van der Waals surface area contributed by atoms with Gasteiger partial charge in [-0.15, -0.1) is 11.8 Å². The average molecular weight is 282 g/mol. The van der Waals surface area contributed by atoms with E-state index in [4.69, 9.17) is 5.11 Å². The van der Waals surface area contributed by atoms with Gasteiger partial charge in [0.1, 0.15) is 6.61 Å². The molecule has 20 heavy (non-hydrogen) atoms. The van der Waals surface area contributed by atoms with Crippen LogP contribution in [-0.2, 0) is 5.75 Å². The van der Waals surface area contributed by atoms with Crippen molar-refractivity contribution in [2.75, 3.05) is 6.61 Å². The zero-order valence-corrected chi connectivity index (χ0v) is 12.6. The van der Waals surface area contributed by atoms with E-state index in [9.17, 15) is 0 Å². The first kappa shape index (κ1) is 14.7. The van der Waals surface area contributed by atoms with Crippen molar-refractivity contribution < 1.29 is 5.11 Å². The molecule has 2 heteroatoms. The summed E-state index contributed by atoms with van der Waals surface area (Å²) in [6, 6.07) is 14.7. The van der Waals surface area contributed by atoms with Crippen molar-refractivity contribution in [2.45, 2.75) is 24.5 Å². The fourth-order valence-corrected chi connectivity index (χ4v) is 2.97. The highest BCUT2D eigenvalue weighted by molar-refractivity contribution is 7.98. The Morgan fingerprint density at radius 3 is 2.75 bits per heavy atom. The van der Waals surface area contributed by atoms with Crippen LogP contribution in [0.1, 0.15) is 22.3 Å². The molecule has 1 nitrogen and oxygen atoms in total. The number of aliphatic hydroxyl groups is 1. The van der Waals surface area contributed by atoms with Gasteiger partial charge in [0.2, 0.25) is 0 Å². The molecule has 102 valence electrons. The van der Waals surface area contributed by atoms with Crippen molar-refractivity contribution in [1.29, 1.82) is 0 Å². The predicted molar refractivity (Wildman–Crippen MR) is 85.9 cm³/mol. The third-order valence-corrected chi connectivity index (χ3v) is 4.21. The lowest BCUT2D eigenvalue weighted by Crippen LogP contribution is -1.86. The summed E-state index contributed by atoms with van der Waals surface area (Å²) in [6.45, 7) is 4.17. The highest BCUT2D eigenvalue weighted by atomic mass is 32.2. The van der Waals surface area contributed by atoms with Crippen molar-refractivity contribution in [1.82, 2.24) is 0 Å². The van der Waals surface area contributed by atoms with Crippen molar-refractivity contribution in [3.05, 3.63) is 64.7 Å². The Morgan fingerprint density at radius 1 is 1.10 bits per heavy atom. The largest absolute Gasteiger partial charge is 0.384 e. The monoisotopic (exact) mass is 282 g/mol. The Hall–Kier alpha value is -1.69. The fraction of sp³-hybridized carbons (Fsp3) is 0.222. The first-order valence-electron chi connectivity index (χ1n) is 6.58. The van der Waals surface area contributed by atoms with Gasteiger partial charge in [0.15, 0.2) is 0 Å². The number of aliphatic hydroxyl groups excluding tert-OH is 1. The van der Waals surface area contributed by atoms with Crippen LogP contribution in [0.25, 0.3) is 0 Å². The minimum Gasteiger partial charge on any atom is -0.384 e. The molecule has 2 rings (SSSR count). The van der Waals surface area contributed by atoms with Crippen LogP contribution in [0.3, 0.4) is 0 Å². The summed E-state index contributed by atoms with van der Waals surface area (Å²) >= 11 is 1.85. The molecule has 0 fully saturated rings. The molecule has 0 aliphatic rings. The topological polar surface area (TPSA) is 20.2 Å². The summed E-state index contributed by atoms with van der Waals surface area (Å²) in [6.07, 6.45) is 0. The molecular weight excluding hydrogens is 264 g/mol. The number of hydrogen-bond donors (Lipinski definition) is 1. The average Bonchev–Trinajstić information content (AvgIpc) is 2.46. The minimum absolute atomic E-state index is 0.0958. The number of benzene rings is 2. The van der Waals surface area contributed by atoms with Gasteiger partial charge in [0.05, 0.1) is 0 Å². The second-order valence-corrected chi connectivity index (χ2v) is 5.74. The Labute approximate surface area is 125 Å². The van der Waals surface area contributed by atoms with Crippen molar-refractivity contribution in [2.24, 2.45) is 0 Å². The molecule has 0 aromatic heterocycles. The first-order chi connectivity index (χ1) is 9.69. The van der Waals surface area contributed by atoms with Crippen LogP contribution in [0, 0.1) is 25.7 Å². The van der Waals surface area contributed by atoms with Gasteiger partial charge in [-0.05, 0) is 43.2 Å². The molecule has 0 aliphatic carbocycles. The van der Waals surface area contributed by atoms with E-state index >= 15 is 0 Å². The van der Waals surface area contributed by atoms with E-state index in [1.54, 1.807) is 0 Å². The maximum Gasteiger partial charge on any atom is 0.104 e. The fourth-order valence-electron chi connectivity index (χ4n) is 1.90. The van der Waals surface area contributed by atoms with Crippen molar-refractivity contribution >= 4 is 11.8 Å². The van der Waals surface area contributed by atoms with Crippen LogP contribution >= 0.6 is 11.8 Å². The normalized spacial score (nSPS) is 9.95. The molecule has 0 spiro atoms. The third kappa shape index (κ3) is 4.16. The van der Waals surface area contributed by atoms with Crippen LogP contribution in [0.4, 0.5) is 0 Å². The summed E-state index contributed by atoms with van der Waals surface area (Å²) in [5, 5.41) is 8.73. The van der Waals surface area contributed by atoms with Gasteiger partial charge >= 0.3 is 0 Å². The van der Waals surface area contributed by atoms with E-state index in [1.807, 2.05) is 23.9 Å². The van der Waals surface area contributed by atoms with E-state index in [2.05, 4.69) is 56.0 Å². The Morgan fingerprint density at radius 2 is 1.95 bits per heavy atom. The summed E-state index contributed by atoms with van der Waals surface area (Å²) in [5.41, 5.74) is 4.82. The van der Waals surface area contributed by atoms with Crippen molar-refractivity contribution in [3.63, 3.8) is 0 Å². The highest BCUT2D eigenvalue weighted by Gasteiger charge is 2.01. The quantitative estimate of drug-likeness (QED) is 0.679. The standard InChI is InChI=1S/C18H18OS/c1-14-8-9-15(2)18(11-14)20-13-17-6-3-5-16(12-17)7-4-10-19/h3,5-6,8-9,11-12,19H,10,13H2,1-2H3. The van der Waals surface area contributed by atoms with E-state index in [-0.39, 0.29) is 6.61 Å². The number of hydrogen-bond acceptors (Lipinski definition) is 2. The molecule has 0 radical (unpaired) electrons. The molecule has 0 unspecified atom stereocenters. The Kier molecular flexibility index (Phi) is 5.29. The maximum atomic E-state index is 8.73. The zero-order chi connectivity index (χ0) is 14.4. The SMILES string of the molecule is Cc1ccc(C)c(SCc2cccc(C#CCO)c2)c1. The first-order valence-corrected chi connectivity index (χ1v) is 7.56. The van der Waals surface area contributed by atoms with Crippen LogP contribution < -0.4 is 0 Å². The minimum atomic E-state index is -0.0958. The van der Waals surface area contributed by atoms with E-state index in [0.717, 1.165) is 11.3 Å². The molecule has 0 bridgehead atoms. The Bertz CT molecular complexity index is 650. The smallest absolute Gasteiger partial charge is 0.104 e. The summed E-state index contributed by atoms with van der Waals surface area (Å²) in [4.78, 5) is 1.33. The van der Waals surface area contributed by atoms with Gasteiger partial charge in [0.25, 0.3) is 0 Å². The molecule has 0 heterocycles. The van der Waals surface area contributed by atoms with Gasteiger partial charge < -0.3 is 5.11 Å². The molecule has 0 aliphatic heterocycles. The van der Waals surface area contributed by atoms with E-state index < -0.39 is 0 Å². The second-order valence-electron chi connectivity index (χ2n) is 4.72. The summed E-state index contributed by atoms with van der Waals surface area (Å²) in [5.74, 6) is 6.55. The lowest BCUT2D eigenvalue weighted by molar-refractivity contribution is 0.350. The molecule has 2 aromatic rings. The summed E-state index contributed by atoms with van der Waals surface area (Å²) < 4.78 is 0. The van der Waals surface area contributed by atoms with Gasteiger partial charge in [-0.3, -0.25) is 0 Å². The Balaban J connectivity index is 2.09. The highest BCUT2D eigenvalue weighted by Crippen LogP contribution is 2.27. The second kappa shape index (κ2) is 7.19. The van der Waals surface area contributed by atoms with Crippen LogP contribution in [-0.4, -0.2) is 11.7 Å². The van der Waals surface area contributed by atoms with E-state index in [1.165, 1.54) is 21.6 Å². The molecule has 0 atom stereocenters. The molecule has 1 N–H and O–H groups in total. The van der Waals surface area contributed by atoms with Crippen LogP contribution in [0.15, 0.2) is 47.4 Å². The lowest BCUT2D eigenvalue weighted by atomic mass is 10.1. The van der Waals surface area contributed by atoms with Gasteiger partial charge in [-0.2, -0.15) is 0 Å². The van der Waals surface area contributed by atoms with Gasteiger partial charge in [0, 0.05) is 16.2 Å². The molecule has 0 saturated heterocycles. The third-order valence-electron chi connectivity index (χ3n) is 2.98. The lowest BCUT2D eigenvalue weighted by Gasteiger charge is -2.07. The number of thioether (sulfide) groups is 1.